The number of nitrogens with one attached hydrogen (secondary N) is 7. The van der Waals surface area contributed by atoms with Crippen molar-refractivity contribution < 1.29 is 57.8 Å². The molecule has 3 aliphatic rings. The van der Waals surface area contributed by atoms with Crippen LogP contribution in [0.3, 0.4) is 0 Å². The van der Waals surface area contributed by atoms with Crippen LogP contribution in [0.2, 0.25) is 0 Å². The van der Waals surface area contributed by atoms with E-state index in [0.717, 1.165) is 12.8 Å². The lowest BCUT2D eigenvalue weighted by Gasteiger charge is -2.38. The maximum absolute atomic E-state index is 15.0. The zero-order valence-corrected chi connectivity index (χ0v) is 46.2. The minimum Gasteiger partial charge on any atom is -0.508 e. The molecule has 18 N–H and O–H groups in total. The molecule has 5 rings (SSSR count). The lowest BCUT2D eigenvalue weighted by Crippen LogP contribution is -2.61. The van der Waals surface area contributed by atoms with Gasteiger partial charge in [0.1, 0.15) is 48.0 Å². The number of phenolic OH excluding ortho intramolecular Hbond substituents is 1. The summed E-state index contributed by atoms with van der Waals surface area (Å²) >= 11 is 0. The van der Waals surface area contributed by atoms with Crippen LogP contribution in [0.4, 0.5) is 0 Å². The van der Waals surface area contributed by atoms with Crippen molar-refractivity contribution in [3.8, 4) is 5.75 Å². The van der Waals surface area contributed by atoms with Crippen molar-refractivity contribution in [1.82, 2.24) is 42.1 Å². The van der Waals surface area contributed by atoms with Gasteiger partial charge >= 0.3 is 0 Å². The number of amides is 11. The summed E-state index contributed by atoms with van der Waals surface area (Å²) in [6.45, 7) is 1.69. The first-order valence-electron chi connectivity index (χ1n) is 26.4. The van der Waals surface area contributed by atoms with E-state index in [1.165, 1.54) is 38.6 Å². The highest BCUT2D eigenvalue weighted by molar-refractivity contribution is 8.77. The third-order valence-electron chi connectivity index (χ3n) is 13.9. The van der Waals surface area contributed by atoms with Gasteiger partial charge in [-0.25, -0.2) is 0 Å². The van der Waals surface area contributed by atoms with Crippen molar-refractivity contribution in [2.24, 2.45) is 39.6 Å². The summed E-state index contributed by atoms with van der Waals surface area (Å²) in [7, 11) is 2.49. The molecule has 3 fully saturated rings. The number of likely N-dealkylation sites (tertiary alicyclic amines) is 1. The van der Waals surface area contributed by atoms with Crippen molar-refractivity contribution in [3.63, 3.8) is 0 Å². The molecule has 2 aromatic rings. The Balaban J connectivity index is 1.54. The van der Waals surface area contributed by atoms with Crippen molar-refractivity contribution in [1.29, 1.82) is 0 Å². The number of aliphatic imine (C=N–C) groups is 1. The quantitative estimate of drug-likeness (QED) is 0.0302. The second kappa shape index (κ2) is 30.7. The second-order valence-corrected chi connectivity index (χ2v) is 23.2. The normalized spacial score (nSPS) is 24.8. The standard InChI is InChI=1S/C52H74N14O12S2/c1-29-17-19-52(20-18-29)26-43(71)60-35(24-31-11-13-32(67)14-12-31)46(74)63-36(23-30-7-3-2-4-8-30)47(75)61-34(15-16-40(53)68)45(73)64-37(25-41(54)69)48(76)65-38(28-79-80-52)50(78)66-22-6-10-39(66)49(77)62-33(9-5-21-58-51(56)57)44(72)59-27-42(55)70/h2-4,7-8,11-14,29,33-39,67H,5-6,9-10,15-28H2,1H3,(H2,53,68)(H2,54,69)(H2,55,70)(H,59,72)(H,60,71)(H,61,75)(H,62,77)(H,63,74)(H,64,73)(H,65,76)(H4,56,57,58)/t29?,33-,34+,35+,36-,37+,38-,39+,52?/m1/s1. The average Bonchev–Trinajstić information content (AvgIpc) is 3.90. The molecule has 2 aliphatic heterocycles. The number of hydrogen-bond acceptors (Lipinski definition) is 15. The lowest BCUT2D eigenvalue weighted by molar-refractivity contribution is -0.142. The maximum atomic E-state index is 15.0. The van der Waals surface area contributed by atoms with Gasteiger partial charge in [0.2, 0.25) is 65.0 Å². The average molecular weight is 1150 g/mol. The van der Waals surface area contributed by atoms with E-state index >= 15 is 0 Å². The molecule has 0 radical (unpaired) electrons. The molecule has 1 saturated carbocycles. The Morgan fingerprint density at radius 3 is 1.98 bits per heavy atom. The molecular weight excluding hydrogens is 1080 g/mol. The predicted octanol–water partition coefficient (Wildman–Crippen LogP) is -2.39. The van der Waals surface area contributed by atoms with Crippen LogP contribution in [0.25, 0.3) is 0 Å². The Morgan fingerprint density at radius 2 is 1.35 bits per heavy atom. The van der Waals surface area contributed by atoms with Crippen LogP contribution < -0.4 is 65.9 Å². The van der Waals surface area contributed by atoms with Gasteiger partial charge in [-0.05, 0) is 87.0 Å². The molecule has 1 aliphatic carbocycles. The van der Waals surface area contributed by atoms with Gasteiger partial charge < -0.3 is 75.9 Å². The first kappa shape index (κ1) is 63.2. The summed E-state index contributed by atoms with van der Waals surface area (Å²) in [5.41, 5.74) is 28.4. The summed E-state index contributed by atoms with van der Waals surface area (Å²) in [5.74, 6) is -9.37. The number of rotatable bonds is 19. The second-order valence-electron chi connectivity index (χ2n) is 20.4. The van der Waals surface area contributed by atoms with E-state index in [4.69, 9.17) is 28.7 Å². The highest BCUT2D eigenvalue weighted by Crippen LogP contribution is 2.49. The summed E-state index contributed by atoms with van der Waals surface area (Å²) in [6, 6.07) is 4.65. The fraction of sp³-hybridized carbons (Fsp3) is 0.538. The van der Waals surface area contributed by atoms with E-state index in [9.17, 15) is 57.8 Å². The maximum Gasteiger partial charge on any atom is 0.246 e. The summed E-state index contributed by atoms with van der Waals surface area (Å²) in [4.78, 5) is 156. The molecule has 0 unspecified atom stereocenters. The number of nitrogens with zero attached hydrogens (tertiary/aromatic N) is 2. The van der Waals surface area contributed by atoms with Crippen LogP contribution >= 0.6 is 21.6 Å². The fourth-order valence-corrected chi connectivity index (χ4v) is 12.9. The Kier molecular flexibility index (Phi) is 24.2. The lowest BCUT2D eigenvalue weighted by atomic mass is 9.80. The van der Waals surface area contributed by atoms with Gasteiger partial charge in [0.15, 0.2) is 5.96 Å². The van der Waals surface area contributed by atoms with E-state index in [1.807, 2.05) is 0 Å². The topological polar surface area (TPSA) is 438 Å². The fourth-order valence-electron chi connectivity index (χ4n) is 9.55. The summed E-state index contributed by atoms with van der Waals surface area (Å²) in [6.07, 6.45) is 1.26. The van der Waals surface area contributed by atoms with Gasteiger partial charge in [-0.15, -0.1) is 0 Å². The number of nitrogens with two attached hydrogens (primary N) is 5. The molecule has 2 aromatic carbocycles. The number of benzene rings is 2. The van der Waals surface area contributed by atoms with Crippen LogP contribution in [-0.4, -0.2) is 153 Å². The highest BCUT2D eigenvalue weighted by Gasteiger charge is 2.43. The number of guanidine groups is 1. The number of aromatic hydroxyl groups is 1. The summed E-state index contributed by atoms with van der Waals surface area (Å²) in [5, 5.41) is 28.5. The molecule has 11 amide bonds. The van der Waals surface area contributed by atoms with Crippen LogP contribution in [0.1, 0.15) is 95.1 Å². The van der Waals surface area contributed by atoms with Crippen LogP contribution in [-0.2, 0) is 65.6 Å². The molecule has 2 heterocycles. The molecular formula is C52H74N14O12S2. The van der Waals surface area contributed by atoms with Crippen LogP contribution in [0, 0.1) is 5.92 Å². The Morgan fingerprint density at radius 1 is 0.750 bits per heavy atom. The molecule has 7 atom stereocenters. The number of primary amides is 3. The Hall–Kier alpha value is -7.62. The van der Waals surface area contributed by atoms with E-state index in [-0.39, 0.29) is 69.1 Å². The number of phenols is 1. The van der Waals surface area contributed by atoms with E-state index in [2.05, 4.69) is 49.1 Å². The Labute approximate surface area is 470 Å². The SMILES string of the molecule is CC1CCC2(CC1)CC(=O)N[C@@H](Cc1ccc(O)cc1)C(=O)N[C@H](Cc1ccccc1)C(=O)N[C@@H](CCC(N)=O)C(=O)N[C@@H](CC(N)=O)C(=O)N[C@@H](C(=O)N1CCC[C@H]1C(=O)N[C@H](CCCN=C(N)N)C(=O)NCC(N)=O)CSS2. The van der Waals surface area contributed by atoms with Crippen LogP contribution in [0.5, 0.6) is 5.75 Å². The largest absolute Gasteiger partial charge is 0.508 e. The zero-order valence-electron chi connectivity index (χ0n) is 44.6. The molecule has 436 valence electrons. The number of carbonyl (C=O) groups is 11. The smallest absolute Gasteiger partial charge is 0.246 e. The van der Waals surface area contributed by atoms with Crippen molar-refractivity contribution in [2.75, 3.05) is 25.4 Å². The van der Waals surface area contributed by atoms with Gasteiger partial charge in [0.05, 0.1) is 13.0 Å². The molecule has 80 heavy (non-hydrogen) atoms. The minimum atomic E-state index is -1.78. The Bertz CT molecular complexity index is 2580. The number of hydrogen-bond donors (Lipinski definition) is 13. The first-order valence-corrected chi connectivity index (χ1v) is 28.8. The number of carbonyl (C=O) groups excluding carboxylic acids is 11. The van der Waals surface area contributed by atoms with Gasteiger partial charge in [-0.2, -0.15) is 0 Å². The van der Waals surface area contributed by atoms with E-state index in [0.29, 0.717) is 36.3 Å². The molecule has 0 aromatic heterocycles. The van der Waals surface area contributed by atoms with E-state index in [1.54, 1.807) is 42.5 Å². The molecule has 2 saturated heterocycles. The highest BCUT2D eigenvalue weighted by atomic mass is 33.1. The first-order chi connectivity index (χ1) is 38.0. The molecule has 28 heteroatoms. The van der Waals surface area contributed by atoms with Gasteiger partial charge in [0.25, 0.3) is 0 Å². The van der Waals surface area contributed by atoms with Gasteiger partial charge in [0, 0.05) is 49.3 Å². The zero-order chi connectivity index (χ0) is 58.5. The monoisotopic (exact) mass is 1150 g/mol. The molecule has 26 nitrogen and oxygen atoms in total. The van der Waals surface area contributed by atoms with Gasteiger partial charge in [-0.1, -0.05) is 71.0 Å². The van der Waals surface area contributed by atoms with Gasteiger partial charge in [-0.3, -0.25) is 57.7 Å². The van der Waals surface area contributed by atoms with Crippen molar-refractivity contribution in [3.05, 3.63) is 65.7 Å². The molecule has 0 bridgehead atoms. The van der Waals surface area contributed by atoms with Crippen molar-refractivity contribution >= 4 is 92.5 Å². The van der Waals surface area contributed by atoms with Crippen molar-refractivity contribution in [2.45, 2.75) is 144 Å². The predicted molar refractivity (Wildman–Crippen MR) is 298 cm³/mol. The third-order valence-corrected chi connectivity index (χ3v) is 17.2. The minimum absolute atomic E-state index is 0.0133. The third kappa shape index (κ3) is 20.2. The van der Waals surface area contributed by atoms with Crippen LogP contribution in [0.15, 0.2) is 59.6 Å². The summed E-state index contributed by atoms with van der Waals surface area (Å²) < 4.78 is -0.779. The molecule has 1 spiro atoms. The van der Waals surface area contributed by atoms with E-state index < -0.39 is 138 Å².